The number of methoxy groups -OCH3 is 1. The second-order valence-corrected chi connectivity index (χ2v) is 8.73. The Morgan fingerprint density at radius 3 is 2.43 bits per heavy atom. The fourth-order valence-corrected chi connectivity index (χ4v) is 2.87. The minimum Gasteiger partial charge on any atom is -0.497 e. The summed E-state index contributed by atoms with van der Waals surface area (Å²) in [6.45, 7) is 5.45. The van der Waals surface area contributed by atoms with Crippen molar-refractivity contribution in [2.24, 2.45) is 0 Å². The van der Waals surface area contributed by atoms with Crippen molar-refractivity contribution in [2.45, 2.75) is 37.1 Å². The maximum atomic E-state index is 12.3. The van der Waals surface area contributed by atoms with Crippen molar-refractivity contribution in [3.05, 3.63) is 42.0 Å². The van der Waals surface area contributed by atoms with E-state index in [1.807, 2.05) is 24.3 Å². The quantitative estimate of drug-likeness (QED) is 0.905. The van der Waals surface area contributed by atoms with Crippen molar-refractivity contribution in [3.63, 3.8) is 0 Å². The van der Waals surface area contributed by atoms with Gasteiger partial charge in [0.2, 0.25) is 9.84 Å². The smallest absolute Gasteiger partial charge is 0.202 e. The third-order valence-corrected chi connectivity index (χ3v) is 5.71. The number of ether oxygens (including phenoxy) is 1. The van der Waals surface area contributed by atoms with Crippen LogP contribution in [-0.2, 0) is 16.4 Å². The van der Waals surface area contributed by atoms with Crippen LogP contribution in [0, 0.1) is 0 Å². The van der Waals surface area contributed by atoms with Crippen LogP contribution in [0.25, 0.3) is 0 Å². The molecule has 0 fully saturated rings. The molecule has 0 unspecified atom stereocenters. The van der Waals surface area contributed by atoms with Crippen LogP contribution in [0.5, 0.6) is 5.75 Å². The third kappa shape index (κ3) is 3.98. The van der Waals surface area contributed by atoms with Gasteiger partial charge in [0.05, 0.1) is 11.9 Å². The van der Waals surface area contributed by atoms with Gasteiger partial charge >= 0.3 is 0 Å². The van der Waals surface area contributed by atoms with Crippen molar-refractivity contribution in [1.29, 1.82) is 0 Å². The molecule has 0 aliphatic carbocycles. The number of nitrogens with one attached hydrogen (secondary N) is 1. The summed E-state index contributed by atoms with van der Waals surface area (Å²) in [4.78, 5) is 0. The monoisotopic (exact) mass is 335 g/mol. The fourth-order valence-electron chi connectivity index (χ4n) is 1.85. The lowest BCUT2D eigenvalue weighted by atomic mass is 10.2. The van der Waals surface area contributed by atoms with E-state index in [9.17, 15) is 8.42 Å². The Bertz CT molecular complexity index is 766. The molecule has 0 saturated heterocycles. The Hall–Kier alpha value is -2.15. The van der Waals surface area contributed by atoms with Crippen molar-refractivity contribution in [3.8, 4) is 5.75 Å². The van der Waals surface area contributed by atoms with Gasteiger partial charge in [-0.25, -0.2) is 8.42 Å². The minimum absolute atomic E-state index is 0.0167. The molecule has 0 aliphatic heterocycles. The number of hydrogen-bond donors (Lipinski definition) is 1. The molecule has 0 bridgehead atoms. The first-order valence-electron chi connectivity index (χ1n) is 7.19. The van der Waals surface area contributed by atoms with Gasteiger partial charge in [0.15, 0.2) is 5.03 Å². The molecular formula is C16H21N3O3S. The lowest BCUT2D eigenvalue weighted by molar-refractivity contribution is 0.414. The Kier molecular flexibility index (Phi) is 4.89. The maximum absolute atomic E-state index is 12.3. The summed E-state index contributed by atoms with van der Waals surface area (Å²) >= 11 is 0. The van der Waals surface area contributed by atoms with E-state index in [1.54, 1.807) is 33.9 Å². The summed E-state index contributed by atoms with van der Waals surface area (Å²) in [5, 5.41) is 10.9. The number of nitrogens with zero attached hydrogens (tertiary/aromatic N) is 2. The van der Waals surface area contributed by atoms with E-state index in [0.29, 0.717) is 12.4 Å². The zero-order valence-corrected chi connectivity index (χ0v) is 14.5. The predicted octanol–water partition coefficient (Wildman–Crippen LogP) is 2.67. The van der Waals surface area contributed by atoms with Crippen LogP contribution in [0.1, 0.15) is 26.3 Å². The van der Waals surface area contributed by atoms with Gasteiger partial charge in [-0.1, -0.05) is 12.1 Å². The number of sulfone groups is 1. The van der Waals surface area contributed by atoms with Crippen molar-refractivity contribution >= 4 is 15.7 Å². The van der Waals surface area contributed by atoms with Gasteiger partial charge in [0.1, 0.15) is 11.6 Å². The van der Waals surface area contributed by atoms with Crippen LogP contribution >= 0.6 is 0 Å². The Morgan fingerprint density at radius 2 is 1.87 bits per heavy atom. The Balaban J connectivity index is 2.09. The zero-order chi connectivity index (χ0) is 17.1. The van der Waals surface area contributed by atoms with Crippen LogP contribution in [0.4, 0.5) is 5.82 Å². The van der Waals surface area contributed by atoms with Crippen LogP contribution in [0.2, 0.25) is 0 Å². The summed E-state index contributed by atoms with van der Waals surface area (Å²) < 4.78 is 28.8. The zero-order valence-electron chi connectivity index (χ0n) is 13.7. The first kappa shape index (κ1) is 17.2. The van der Waals surface area contributed by atoms with Gasteiger partial charge in [-0.2, -0.15) is 0 Å². The molecule has 0 aliphatic rings. The lowest BCUT2D eigenvalue weighted by Crippen LogP contribution is -2.28. The molecule has 2 aromatic rings. The second-order valence-electron chi connectivity index (χ2n) is 6.08. The minimum atomic E-state index is -3.49. The highest BCUT2D eigenvalue weighted by atomic mass is 32.2. The van der Waals surface area contributed by atoms with Gasteiger partial charge in [-0.05, 0) is 50.6 Å². The van der Waals surface area contributed by atoms with E-state index in [2.05, 4.69) is 15.5 Å². The highest BCUT2D eigenvalue weighted by Crippen LogP contribution is 2.23. The summed E-state index contributed by atoms with van der Waals surface area (Å²) in [5.74, 6) is 1.29. The SMILES string of the molecule is COc1cccc(CNc2ccc(S(=O)(=O)C(C)(C)C)nn2)c1. The number of hydrogen-bond acceptors (Lipinski definition) is 6. The van der Waals surface area contributed by atoms with Crippen molar-refractivity contribution in [1.82, 2.24) is 10.2 Å². The Labute approximate surface area is 136 Å². The van der Waals surface area contributed by atoms with Gasteiger partial charge in [0.25, 0.3) is 0 Å². The number of anilines is 1. The van der Waals surface area contributed by atoms with Gasteiger partial charge in [-0.15, -0.1) is 10.2 Å². The first-order chi connectivity index (χ1) is 10.7. The molecule has 0 atom stereocenters. The standard InChI is InChI=1S/C16H21N3O3S/c1-16(2,3)23(20,21)15-9-8-14(18-19-15)17-11-12-6-5-7-13(10-12)22-4/h5-10H,11H2,1-4H3,(H,17,18). The molecule has 0 saturated carbocycles. The molecule has 2 rings (SSSR count). The van der Waals surface area contributed by atoms with Crippen LogP contribution in [-0.4, -0.2) is 30.5 Å². The van der Waals surface area contributed by atoms with Crippen LogP contribution in [0.15, 0.2) is 41.4 Å². The second kappa shape index (κ2) is 6.54. The summed E-state index contributed by atoms with van der Waals surface area (Å²) in [6.07, 6.45) is 0. The molecule has 23 heavy (non-hydrogen) atoms. The molecule has 0 radical (unpaired) electrons. The highest BCUT2D eigenvalue weighted by molar-refractivity contribution is 7.92. The average molecular weight is 335 g/mol. The summed E-state index contributed by atoms with van der Waals surface area (Å²) in [6, 6.07) is 10.7. The topological polar surface area (TPSA) is 81.2 Å². The highest BCUT2D eigenvalue weighted by Gasteiger charge is 2.32. The molecule has 1 N–H and O–H groups in total. The van der Waals surface area contributed by atoms with E-state index < -0.39 is 14.6 Å². The van der Waals surface area contributed by atoms with E-state index in [4.69, 9.17) is 4.74 Å². The van der Waals surface area contributed by atoms with Gasteiger partial charge < -0.3 is 10.1 Å². The maximum Gasteiger partial charge on any atom is 0.202 e. The number of benzene rings is 1. The molecular weight excluding hydrogens is 314 g/mol. The van der Waals surface area contributed by atoms with E-state index in [1.165, 1.54) is 6.07 Å². The van der Waals surface area contributed by atoms with E-state index in [0.717, 1.165) is 11.3 Å². The van der Waals surface area contributed by atoms with E-state index >= 15 is 0 Å². The van der Waals surface area contributed by atoms with Crippen molar-refractivity contribution in [2.75, 3.05) is 12.4 Å². The third-order valence-electron chi connectivity index (χ3n) is 3.33. The predicted molar refractivity (Wildman–Crippen MR) is 89.3 cm³/mol. The molecule has 0 amide bonds. The summed E-state index contributed by atoms with van der Waals surface area (Å²) in [5.41, 5.74) is 1.03. The molecule has 0 spiro atoms. The largest absolute Gasteiger partial charge is 0.497 e. The molecule has 124 valence electrons. The molecule has 6 nitrogen and oxygen atoms in total. The van der Waals surface area contributed by atoms with Crippen molar-refractivity contribution < 1.29 is 13.2 Å². The summed E-state index contributed by atoms with van der Waals surface area (Å²) in [7, 11) is -1.87. The van der Waals surface area contributed by atoms with Gasteiger partial charge in [-0.3, -0.25) is 0 Å². The van der Waals surface area contributed by atoms with E-state index in [-0.39, 0.29) is 5.03 Å². The molecule has 1 heterocycles. The van der Waals surface area contributed by atoms with Crippen LogP contribution in [0.3, 0.4) is 0 Å². The number of aromatic nitrogens is 2. The molecule has 7 heteroatoms. The molecule has 1 aromatic heterocycles. The Morgan fingerprint density at radius 1 is 1.13 bits per heavy atom. The molecule has 1 aromatic carbocycles. The normalized spacial score (nSPS) is 12.0. The lowest BCUT2D eigenvalue weighted by Gasteiger charge is -2.18. The number of rotatable bonds is 5. The first-order valence-corrected chi connectivity index (χ1v) is 8.67. The fraction of sp³-hybridized carbons (Fsp3) is 0.375. The average Bonchev–Trinajstić information content (AvgIpc) is 2.52. The van der Waals surface area contributed by atoms with Crippen LogP contribution < -0.4 is 10.1 Å². The van der Waals surface area contributed by atoms with Gasteiger partial charge in [0, 0.05) is 6.54 Å².